The van der Waals surface area contributed by atoms with Crippen LogP contribution in [-0.4, -0.2) is 47.8 Å². The van der Waals surface area contributed by atoms with Gasteiger partial charge in [-0.1, -0.05) is 6.07 Å². The number of pyridine rings is 1. The third-order valence-electron chi connectivity index (χ3n) is 3.30. The van der Waals surface area contributed by atoms with Gasteiger partial charge in [0.05, 0.1) is 11.7 Å². The molecule has 4 nitrogen and oxygen atoms in total. The Morgan fingerprint density at radius 2 is 2.37 bits per heavy atom. The predicted octanol–water partition coefficient (Wildman–Crippen LogP) is 1.67. The molecule has 1 saturated heterocycles. The minimum Gasteiger partial charge on any atom is -0.370 e. The highest BCUT2D eigenvalue weighted by Gasteiger charge is 2.30. The van der Waals surface area contributed by atoms with E-state index in [1.165, 1.54) is 5.56 Å². The second-order valence-electron chi connectivity index (χ2n) is 5.96. The molecule has 1 unspecified atom stereocenters. The lowest BCUT2D eigenvalue weighted by Gasteiger charge is -2.41. The molecule has 0 aromatic carbocycles. The molecule has 1 aliphatic heterocycles. The first kappa shape index (κ1) is 14.4. The van der Waals surface area contributed by atoms with Gasteiger partial charge in [-0.25, -0.2) is 0 Å². The highest BCUT2D eigenvalue weighted by Crippen LogP contribution is 2.20. The summed E-state index contributed by atoms with van der Waals surface area (Å²) >= 11 is 0. The Balaban J connectivity index is 1.68. The molecule has 1 aromatic rings. The maximum atomic E-state index is 5.91. The van der Waals surface area contributed by atoms with E-state index in [0.29, 0.717) is 6.10 Å². The van der Waals surface area contributed by atoms with Crippen molar-refractivity contribution >= 4 is 0 Å². The van der Waals surface area contributed by atoms with Gasteiger partial charge in [-0.3, -0.25) is 9.88 Å². The molecule has 0 saturated carbocycles. The maximum Gasteiger partial charge on any atom is 0.0757 e. The van der Waals surface area contributed by atoms with E-state index in [-0.39, 0.29) is 5.60 Å². The summed E-state index contributed by atoms with van der Waals surface area (Å²) in [4.78, 5) is 6.59. The third kappa shape index (κ3) is 4.90. The topological polar surface area (TPSA) is 37.4 Å². The van der Waals surface area contributed by atoms with Crippen LogP contribution in [0.25, 0.3) is 0 Å². The largest absolute Gasteiger partial charge is 0.370 e. The van der Waals surface area contributed by atoms with Gasteiger partial charge in [0, 0.05) is 45.1 Å². The average Bonchev–Trinajstić information content (AvgIpc) is 2.33. The predicted molar refractivity (Wildman–Crippen MR) is 77.0 cm³/mol. The summed E-state index contributed by atoms with van der Waals surface area (Å²) in [7, 11) is 0. The van der Waals surface area contributed by atoms with Gasteiger partial charge >= 0.3 is 0 Å². The Bertz CT molecular complexity index is 380. The number of nitrogens with one attached hydrogen (secondary N) is 1. The van der Waals surface area contributed by atoms with E-state index in [0.717, 1.165) is 32.7 Å². The van der Waals surface area contributed by atoms with Crippen molar-refractivity contribution in [2.45, 2.75) is 39.0 Å². The fourth-order valence-electron chi connectivity index (χ4n) is 2.73. The second kappa shape index (κ2) is 6.46. The fourth-order valence-corrected chi connectivity index (χ4v) is 2.73. The number of hydrogen-bond donors (Lipinski definition) is 1. The van der Waals surface area contributed by atoms with Crippen molar-refractivity contribution in [2.24, 2.45) is 0 Å². The van der Waals surface area contributed by atoms with Crippen LogP contribution in [0.5, 0.6) is 0 Å². The lowest BCUT2D eigenvalue weighted by molar-refractivity contribution is -0.128. The van der Waals surface area contributed by atoms with E-state index in [1.807, 2.05) is 12.3 Å². The van der Waals surface area contributed by atoms with Crippen LogP contribution in [0.15, 0.2) is 24.5 Å². The summed E-state index contributed by atoms with van der Waals surface area (Å²) in [5, 5.41) is 3.47. The smallest absolute Gasteiger partial charge is 0.0757 e. The minimum atomic E-state index is -0.0268. The number of aromatic nitrogens is 1. The van der Waals surface area contributed by atoms with Gasteiger partial charge < -0.3 is 10.1 Å². The molecule has 1 aromatic heterocycles. The van der Waals surface area contributed by atoms with Gasteiger partial charge in [-0.2, -0.15) is 0 Å². The molecule has 0 radical (unpaired) electrons. The normalized spacial score (nSPS) is 23.4. The average molecular weight is 263 g/mol. The lowest BCUT2D eigenvalue weighted by atomic mass is 10.1. The van der Waals surface area contributed by atoms with E-state index in [1.54, 1.807) is 6.20 Å². The van der Waals surface area contributed by atoms with Crippen LogP contribution in [0.3, 0.4) is 0 Å². The molecule has 4 heteroatoms. The van der Waals surface area contributed by atoms with Crippen molar-refractivity contribution in [2.75, 3.05) is 26.2 Å². The Labute approximate surface area is 116 Å². The van der Waals surface area contributed by atoms with E-state index in [4.69, 9.17) is 4.74 Å². The molecule has 19 heavy (non-hydrogen) atoms. The molecule has 1 aliphatic rings. The van der Waals surface area contributed by atoms with Crippen LogP contribution in [0.4, 0.5) is 0 Å². The summed E-state index contributed by atoms with van der Waals surface area (Å²) in [6.45, 7) is 11.5. The van der Waals surface area contributed by atoms with Crippen LogP contribution in [-0.2, 0) is 11.3 Å². The first-order valence-electron chi connectivity index (χ1n) is 7.05. The van der Waals surface area contributed by atoms with Crippen molar-refractivity contribution in [3.05, 3.63) is 30.1 Å². The van der Waals surface area contributed by atoms with Gasteiger partial charge in [-0.15, -0.1) is 0 Å². The van der Waals surface area contributed by atoms with Gasteiger partial charge in [0.15, 0.2) is 0 Å². The van der Waals surface area contributed by atoms with E-state index < -0.39 is 0 Å². The number of nitrogens with zero attached hydrogens (tertiary/aromatic N) is 2. The Morgan fingerprint density at radius 3 is 3.05 bits per heavy atom. The molecular formula is C15H25N3O. The standard InChI is InChI=1S/C15H25N3O/c1-13-11-18(12-15(2,3)19-13)8-7-17-10-14-5-4-6-16-9-14/h4-6,9,13,17H,7-8,10-12H2,1-3H3. The first-order chi connectivity index (χ1) is 9.05. The molecule has 1 fully saturated rings. The molecule has 0 aliphatic carbocycles. The molecule has 2 rings (SSSR count). The second-order valence-corrected chi connectivity index (χ2v) is 5.96. The molecule has 2 heterocycles. The van der Waals surface area contributed by atoms with Crippen LogP contribution in [0.2, 0.25) is 0 Å². The molecule has 1 N–H and O–H groups in total. The highest BCUT2D eigenvalue weighted by molar-refractivity contribution is 5.07. The molecule has 0 spiro atoms. The highest BCUT2D eigenvalue weighted by atomic mass is 16.5. The van der Waals surface area contributed by atoms with Crippen molar-refractivity contribution < 1.29 is 4.74 Å². The molecule has 0 bridgehead atoms. The van der Waals surface area contributed by atoms with E-state index in [9.17, 15) is 0 Å². The minimum absolute atomic E-state index is 0.0268. The van der Waals surface area contributed by atoms with Crippen molar-refractivity contribution in [1.82, 2.24) is 15.2 Å². The summed E-state index contributed by atoms with van der Waals surface area (Å²) < 4.78 is 5.91. The van der Waals surface area contributed by atoms with E-state index >= 15 is 0 Å². The molecule has 106 valence electrons. The van der Waals surface area contributed by atoms with Crippen molar-refractivity contribution in [3.8, 4) is 0 Å². The van der Waals surface area contributed by atoms with Crippen LogP contribution in [0.1, 0.15) is 26.3 Å². The van der Waals surface area contributed by atoms with E-state index in [2.05, 4.69) is 42.0 Å². The Hall–Kier alpha value is -0.970. The van der Waals surface area contributed by atoms with Crippen LogP contribution in [0, 0.1) is 0 Å². The quantitative estimate of drug-likeness (QED) is 0.820. The Kier molecular flexibility index (Phi) is 4.91. The molecule has 0 amide bonds. The summed E-state index contributed by atoms with van der Waals surface area (Å²) in [6.07, 6.45) is 4.04. The monoisotopic (exact) mass is 263 g/mol. The summed E-state index contributed by atoms with van der Waals surface area (Å²) in [5.74, 6) is 0. The maximum absolute atomic E-state index is 5.91. The zero-order valence-corrected chi connectivity index (χ0v) is 12.2. The zero-order chi connectivity index (χ0) is 13.7. The van der Waals surface area contributed by atoms with Crippen molar-refractivity contribution in [3.63, 3.8) is 0 Å². The first-order valence-corrected chi connectivity index (χ1v) is 7.05. The summed E-state index contributed by atoms with van der Waals surface area (Å²) in [6, 6.07) is 4.07. The number of rotatable bonds is 5. The SMILES string of the molecule is CC1CN(CCNCc2cccnc2)CC(C)(C)O1. The molecular weight excluding hydrogens is 238 g/mol. The van der Waals surface area contributed by atoms with Gasteiger partial charge in [-0.05, 0) is 32.4 Å². The van der Waals surface area contributed by atoms with Gasteiger partial charge in [0.25, 0.3) is 0 Å². The van der Waals surface area contributed by atoms with Gasteiger partial charge in [0.1, 0.15) is 0 Å². The summed E-state index contributed by atoms with van der Waals surface area (Å²) in [5.41, 5.74) is 1.21. The number of ether oxygens (including phenoxy) is 1. The van der Waals surface area contributed by atoms with Gasteiger partial charge in [0.2, 0.25) is 0 Å². The third-order valence-corrected chi connectivity index (χ3v) is 3.30. The lowest BCUT2D eigenvalue weighted by Crippen LogP contribution is -2.53. The van der Waals surface area contributed by atoms with Crippen LogP contribution >= 0.6 is 0 Å². The fraction of sp³-hybridized carbons (Fsp3) is 0.667. The molecule has 1 atom stereocenters. The number of morpholine rings is 1. The Morgan fingerprint density at radius 1 is 1.53 bits per heavy atom. The van der Waals surface area contributed by atoms with Crippen LogP contribution < -0.4 is 5.32 Å². The number of hydrogen-bond acceptors (Lipinski definition) is 4. The van der Waals surface area contributed by atoms with Crippen molar-refractivity contribution in [1.29, 1.82) is 0 Å². The zero-order valence-electron chi connectivity index (χ0n) is 12.2.